The van der Waals surface area contributed by atoms with Crippen molar-refractivity contribution in [2.24, 2.45) is 0 Å². The number of morpholine rings is 1. The number of nitrogens with one attached hydrogen (secondary N) is 1. The lowest BCUT2D eigenvalue weighted by Gasteiger charge is -2.41. The number of hydrogen-bond donors (Lipinski definition) is 1. The van der Waals surface area contributed by atoms with Gasteiger partial charge in [-0.3, -0.25) is 9.88 Å². The van der Waals surface area contributed by atoms with Crippen molar-refractivity contribution in [2.45, 2.75) is 39.1 Å². The smallest absolute Gasteiger partial charge is 0.137 e. The SMILES string of the molecule is COc1c(C2=C(C)NC(N3C[C@@H](C)O[C@@H](C)C3)C=C2)cnc2c(-c3ccc(C#N)cc3)cccc12. The van der Waals surface area contributed by atoms with Gasteiger partial charge in [0.2, 0.25) is 0 Å². The van der Waals surface area contributed by atoms with Crippen molar-refractivity contribution in [2.75, 3.05) is 20.2 Å². The second kappa shape index (κ2) is 9.53. The van der Waals surface area contributed by atoms with Crippen LogP contribution in [0.1, 0.15) is 31.9 Å². The van der Waals surface area contributed by atoms with E-state index in [9.17, 15) is 0 Å². The van der Waals surface area contributed by atoms with Crippen molar-refractivity contribution in [3.05, 3.63) is 77.6 Å². The van der Waals surface area contributed by atoms with E-state index in [-0.39, 0.29) is 18.4 Å². The molecule has 2 aliphatic rings. The second-order valence-electron chi connectivity index (χ2n) is 9.29. The number of aromatic nitrogens is 1. The number of fused-ring (bicyclic) bond motifs is 1. The van der Waals surface area contributed by atoms with E-state index in [1.165, 1.54) is 0 Å². The number of allylic oxidation sites excluding steroid dienone is 3. The highest BCUT2D eigenvalue weighted by atomic mass is 16.5. The third kappa shape index (κ3) is 4.41. The minimum absolute atomic E-state index is 0.134. The van der Waals surface area contributed by atoms with Crippen LogP contribution in [0.5, 0.6) is 5.75 Å². The average Bonchev–Trinajstić information content (AvgIpc) is 2.87. The highest BCUT2D eigenvalue weighted by Gasteiger charge is 2.29. The average molecular weight is 467 g/mol. The Morgan fingerprint density at radius 2 is 1.83 bits per heavy atom. The Morgan fingerprint density at radius 3 is 2.49 bits per heavy atom. The van der Waals surface area contributed by atoms with Crippen molar-refractivity contribution < 1.29 is 9.47 Å². The number of hydrogen-bond acceptors (Lipinski definition) is 6. The molecule has 1 fully saturated rings. The number of dihydropyridines is 1. The first-order valence-corrected chi connectivity index (χ1v) is 12.0. The highest BCUT2D eigenvalue weighted by Crippen LogP contribution is 2.38. The Balaban J connectivity index is 1.50. The van der Waals surface area contributed by atoms with Crippen LogP contribution in [0.15, 0.2) is 66.5 Å². The molecule has 0 spiro atoms. The summed E-state index contributed by atoms with van der Waals surface area (Å²) in [5.74, 6) is 0.804. The first-order valence-electron chi connectivity index (χ1n) is 12.0. The minimum atomic E-state index is 0.134. The summed E-state index contributed by atoms with van der Waals surface area (Å²) in [6.45, 7) is 8.15. The molecule has 3 aromatic rings. The fraction of sp³-hybridized carbons (Fsp3) is 0.310. The Bertz CT molecular complexity index is 1340. The maximum Gasteiger partial charge on any atom is 0.137 e. The number of benzene rings is 2. The van der Waals surface area contributed by atoms with Gasteiger partial charge in [0, 0.05) is 47.1 Å². The third-order valence-electron chi connectivity index (χ3n) is 6.72. The molecule has 0 saturated carbocycles. The van der Waals surface area contributed by atoms with Gasteiger partial charge in [-0.25, -0.2) is 0 Å². The van der Waals surface area contributed by atoms with E-state index >= 15 is 0 Å². The van der Waals surface area contributed by atoms with E-state index < -0.39 is 0 Å². The molecule has 1 unspecified atom stereocenters. The van der Waals surface area contributed by atoms with Gasteiger partial charge >= 0.3 is 0 Å². The lowest BCUT2D eigenvalue weighted by atomic mass is 9.96. The number of pyridine rings is 1. The summed E-state index contributed by atoms with van der Waals surface area (Å²) in [5, 5.41) is 13.8. The third-order valence-corrected chi connectivity index (χ3v) is 6.72. The zero-order chi connectivity index (χ0) is 24.5. The van der Waals surface area contributed by atoms with Crippen LogP contribution in [0.2, 0.25) is 0 Å². The summed E-state index contributed by atoms with van der Waals surface area (Å²) in [7, 11) is 1.71. The fourth-order valence-electron chi connectivity index (χ4n) is 5.18. The number of nitriles is 1. The molecule has 2 aliphatic heterocycles. The summed E-state index contributed by atoms with van der Waals surface area (Å²) in [6.07, 6.45) is 6.86. The molecule has 6 heteroatoms. The predicted octanol–water partition coefficient (Wildman–Crippen LogP) is 5.11. The zero-order valence-electron chi connectivity index (χ0n) is 20.6. The molecule has 5 rings (SSSR count). The summed E-state index contributed by atoms with van der Waals surface area (Å²) in [6, 6.07) is 15.9. The first kappa shape index (κ1) is 23.1. The highest BCUT2D eigenvalue weighted by molar-refractivity contribution is 6.00. The van der Waals surface area contributed by atoms with E-state index in [4.69, 9.17) is 19.7 Å². The van der Waals surface area contributed by atoms with E-state index in [0.717, 1.165) is 57.7 Å². The van der Waals surface area contributed by atoms with Crippen LogP contribution in [0.4, 0.5) is 0 Å². The minimum Gasteiger partial charge on any atom is -0.495 e. The van der Waals surface area contributed by atoms with Crippen LogP contribution < -0.4 is 10.1 Å². The molecule has 35 heavy (non-hydrogen) atoms. The largest absolute Gasteiger partial charge is 0.495 e. The van der Waals surface area contributed by atoms with E-state index in [1.807, 2.05) is 42.6 Å². The first-order chi connectivity index (χ1) is 17.0. The van der Waals surface area contributed by atoms with Crippen LogP contribution in [0.3, 0.4) is 0 Å². The van der Waals surface area contributed by atoms with Crippen molar-refractivity contribution in [1.29, 1.82) is 5.26 Å². The number of ether oxygens (including phenoxy) is 2. The topological polar surface area (TPSA) is 70.4 Å². The summed E-state index contributed by atoms with van der Waals surface area (Å²) >= 11 is 0. The summed E-state index contributed by atoms with van der Waals surface area (Å²) in [4.78, 5) is 7.31. The van der Waals surface area contributed by atoms with Gasteiger partial charge in [-0.05, 0) is 50.6 Å². The predicted molar refractivity (Wildman–Crippen MR) is 139 cm³/mol. The van der Waals surface area contributed by atoms with Gasteiger partial charge in [0.15, 0.2) is 0 Å². The van der Waals surface area contributed by atoms with Crippen LogP contribution in [0, 0.1) is 11.3 Å². The standard InChI is InChI=1S/C29H30N4O2/c1-18-16-33(17-19(2)35-18)27-13-12-23(20(3)32-27)26-15-31-28-24(6-5-7-25(28)29(26)34-4)22-10-8-21(14-30)9-11-22/h5-13,15,18-19,27,32H,16-17H2,1-4H3/t18-,19+,27?. The molecule has 2 aromatic carbocycles. The maximum atomic E-state index is 9.13. The van der Waals surface area contributed by atoms with Crippen LogP contribution in [-0.2, 0) is 4.74 Å². The van der Waals surface area contributed by atoms with Crippen molar-refractivity contribution in [3.8, 4) is 22.9 Å². The van der Waals surface area contributed by atoms with E-state index in [0.29, 0.717) is 5.56 Å². The molecule has 3 heterocycles. The molecule has 1 aromatic heterocycles. The van der Waals surface area contributed by atoms with Gasteiger partial charge in [0.1, 0.15) is 5.75 Å². The number of nitrogens with zero attached hydrogens (tertiary/aromatic N) is 3. The van der Waals surface area contributed by atoms with Crippen LogP contribution in [0.25, 0.3) is 27.6 Å². The molecule has 0 amide bonds. The zero-order valence-corrected chi connectivity index (χ0v) is 20.6. The molecule has 1 N–H and O–H groups in total. The van der Waals surface area contributed by atoms with Gasteiger partial charge in [0.25, 0.3) is 0 Å². The number of rotatable bonds is 4. The molecule has 1 saturated heterocycles. The molecule has 6 nitrogen and oxygen atoms in total. The Hall–Kier alpha value is -3.66. The van der Waals surface area contributed by atoms with Gasteiger partial charge in [-0.2, -0.15) is 5.26 Å². The van der Waals surface area contributed by atoms with E-state index in [2.05, 4.69) is 55.3 Å². The monoisotopic (exact) mass is 466 g/mol. The summed E-state index contributed by atoms with van der Waals surface area (Å²) in [5.41, 5.74) is 6.66. The molecular formula is C29H30N4O2. The molecule has 3 atom stereocenters. The Labute approximate surface area is 206 Å². The normalized spacial score (nSPS) is 22.7. The number of methoxy groups -OCH3 is 1. The van der Waals surface area contributed by atoms with Gasteiger partial charge in [0.05, 0.1) is 42.6 Å². The van der Waals surface area contributed by atoms with Crippen molar-refractivity contribution in [3.63, 3.8) is 0 Å². The molecular weight excluding hydrogens is 436 g/mol. The second-order valence-corrected chi connectivity index (χ2v) is 9.29. The van der Waals surface area contributed by atoms with Crippen molar-refractivity contribution in [1.82, 2.24) is 15.2 Å². The molecule has 0 radical (unpaired) electrons. The Kier molecular flexibility index (Phi) is 6.29. The van der Waals surface area contributed by atoms with Crippen molar-refractivity contribution >= 4 is 16.5 Å². The molecule has 0 bridgehead atoms. The molecule has 0 aliphatic carbocycles. The number of para-hydroxylation sites is 1. The molecule has 178 valence electrons. The lowest BCUT2D eigenvalue weighted by Crippen LogP contribution is -2.54. The van der Waals surface area contributed by atoms with Gasteiger partial charge in [-0.1, -0.05) is 30.3 Å². The van der Waals surface area contributed by atoms with Crippen LogP contribution in [-0.4, -0.2) is 48.5 Å². The quantitative estimate of drug-likeness (QED) is 0.576. The fourth-order valence-corrected chi connectivity index (χ4v) is 5.18. The Morgan fingerprint density at radius 1 is 1.09 bits per heavy atom. The van der Waals surface area contributed by atoms with Gasteiger partial charge in [-0.15, -0.1) is 0 Å². The lowest BCUT2D eigenvalue weighted by molar-refractivity contribution is -0.0776. The van der Waals surface area contributed by atoms with Crippen LogP contribution >= 0.6 is 0 Å². The maximum absolute atomic E-state index is 9.13. The van der Waals surface area contributed by atoms with E-state index in [1.54, 1.807) is 7.11 Å². The summed E-state index contributed by atoms with van der Waals surface area (Å²) < 4.78 is 11.9. The van der Waals surface area contributed by atoms with Gasteiger partial charge < -0.3 is 14.8 Å².